The van der Waals surface area contributed by atoms with E-state index in [0.717, 1.165) is 12.0 Å². The summed E-state index contributed by atoms with van der Waals surface area (Å²) in [4.78, 5) is 0. The summed E-state index contributed by atoms with van der Waals surface area (Å²) < 4.78 is 6.20. The van der Waals surface area contributed by atoms with Gasteiger partial charge in [0.15, 0.2) is 0 Å². The molecule has 1 N–H and O–H groups in total. The zero-order valence-corrected chi connectivity index (χ0v) is 24.7. The van der Waals surface area contributed by atoms with Crippen molar-refractivity contribution in [2.75, 3.05) is 0 Å². The third-order valence-electron chi connectivity index (χ3n) is 7.35. The molecule has 3 heteroatoms. The average molecular weight is 524 g/mol. The molecule has 0 saturated heterocycles. The van der Waals surface area contributed by atoms with E-state index in [2.05, 4.69) is 92.6 Å². The van der Waals surface area contributed by atoms with Crippen LogP contribution in [0, 0.1) is 5.92 Å². The Bertz CT molecular complexity index is 873. The second-order valence-corrected chi connectivity index (χ2v) is 28.2. The molecule has 2 aromatic rings. The minimum atomic E-state index is -1.56. The number of allylic oxidation sites excluding steroid dienone is 4. The quantitative estimate of drug-likeness (QED) is 0.391. The maximum atomic E-state index is 4.27. The summed E-state index contributed by atoms with van der Waals surface area (Å²) >= 11 is -1.56. The molecular formula is C29H42NSiZr. The van der Waals surface area contributed by atoms with Crippen LogP contribution in [-0.2, 0) is 21.2 Å². The van der Waals surface area contributed by atoms with Crippen LogP contribution in [0.25, 0.3) is 11.1 Å². The molecule has 1 unspecified atom stereocenters. The fraction of sp³-hybridized carbons (Fsp3) is 0.448. The van der Waals surface area contributed by atoms with Crippen molar-refractivity contribution in [2.45, 2.75) is 78.9 Å². The van der Waals surface area contributed by atoms with Crippen LogP contribution in [0.3, 0.4) is 0 Å². The van der Waals surface area contributed by atoms with E-state index < -0.39 is 27.1 Å². The predicted octanol–water partition coefficient (Wildman–Crippen LogP) is 8.04. The maximum Gasteiger partial charge on any atom is -0.0184 e. The van der Waals surface area contributed by atoms with E-state index in [9.17, 15) is 0 Å². The van der Waals surface area contributed by atoms with Crippen molar-refractivity contribution in [2.24, 2.45) is 5.92 Å². The summed E-state index contributed by atoms with van der Waals surface area (Å²) in [5.74, 6) is 0.206. The number of rotatable bonds is 5. The van der Waals surface area contributed by atoms with Gasteiger partial charge in [0.2, 0.25) is 0 Å². The maximum absolute atomic E-state index is 4.27. The molecule has 1 atom stereocenters. The molecule has 2 aromatic carbocycles. The Labute approximate surface area is 206 Å². The van der Waals surface area contributed by atoms with Crippen LogP contribution >= 0.6 is 0 Å². The van der Waals surface area contributed by atoms with Crippen molar-refractivity contribution in [3.05, 3.63) is 80.7 Å². The SMILES string of the molecule is CC1=C(C)C(C)[C]([Zr]([NH]C2CCCCC2)[SiH](C)C)=C1C.c1ccc(-c2ccccc2)cc1. The van der Waals surface area contributed by atoms with Gasteiger partial charge in [-0.2, -0.15) is 0 Å². The van der Waals surface area contributed by atoms with Crippen LogP contribution in [0.5, 0.6) is 0 Å². The molecule has 0 aromatic heterocycles. The number of nitrogens with one attached hydrogen (secondary N) is 1. The molecule has 2 aliphatic carbocycles. The predicted molar refractivity (Wildman–Crippen MR) is 141 cm³/mol. The van der Waals surface area contributed by atoms with Gasteiger partial charge < -0.3 is 0 Å². The van der Waals surface area contributed by atoms with Crippen LogP contribution in [0.2, 0.25) is 13.1 Å². The smallest absolute Gasteiger partial charge is 0.0184 e. The van der Waals surface area contributed by atoms with Crippen LogP contribution < -0.4 is 3.26 Å². The molecule has 1 saturated carbocycles. The standard InChI is InChI=1S/C12H10.C9H13.C6H12N.C2H7Si.Zr/c1-3-7-11(8-4-1)12-9-5-2-6-10-12;1-6-5-7(2)9(4)8(6)3;7-6-4-2-1-3-5-6;1-3-2;/h1-10H;6H,1-4H3;6-7H,1-5H2;3H,1-2H3;/q;;-1;;+1. The molecule has 0 spiro atoms. The third-order valence-corrected chi connectivity index (χ3v) is 25.0. The molecule has 1 nitrogen and oxygen atoms in total. The minimum absolute atomic E-state index is 0.540. The zero-order chi connectivity index (χ0) is 23.1. The number of hydrogen-bond donors (Lipinski definition) is 1. The van der Waals surface area contributed by atoms with Gasteiger partial charge >= 0.3 is 135 Å². The molecule has 0 bridgehead atoms. The summed E-state index contributed by atoms with van der Waals surface area (Å²) in [6.07, 6.45) is 7.26. The van der Waals surface area contributed by atoms with Crippen molar-refractivity contribution < 1.29 is 21.2 Å². The van der Waals surface area contributed by atoms with Crippen molar-refractivity contribution >= 4 is 5.92 Å². The largest absolute Gasteiger partial charge is 0.0622 e. The first-order valence-corrected chi connectivity index (χ1v) is 22.1. The first kappa shape index (κ1) is 25.6. The summed E-state index contributed by atoms with van der Waals surface area (Å²) in [6.45, 7) is 14.8. The molecule has 2 aliphatic rings. The molecule has 32 heavy (non-hydrogen) atoms. The summed E-state index contributed by atoms with van der Waals surface area (Å²) in [5.41, 5.74) is 7.48. The summed E-state index contributed by atoms with van der Waals surface area (Å²) in [6, 6.07) is 21.6. The molecule has 0 amide bonds. The first-order valence-electron chi connectivity index (χ1n) is 12.5. The number of hydrogen-bond acceptors (Lipinski definition) is 1. The van der Waals surface area contributed by atoms with Gasteiger partial charge in [-0.25, -0.2) is 0 Å². The molecule has 4 rings (SSSR count). The van der Waals surface area contributed by atoms with Crippen molar-refractivity contribution in [3.63, 3.8) is 0 Å². The number of benzene rings is 2. The van der Waals surface area contributed by atoms with E-state index in [0.29, 0.717) is 0 Å². The summed E-state index contributed by atoms with van der Waals surface area (Å²) in [5, 5.41) is 0. The summed E-state index contributed by atoms with van der Waals surface area (Å²) in [7, 11) is 0. The van der Waals surface area contributed by atoms with Gasteiger partial charge in [-0.15, -0.1) is 0 Å². The van der Waals surface area contributed by atoms with E-state index >= 15 is 0 Å². The van der Waals surface area contributed by atoms with Gasteiger partial charge in [0.25, 0.3) is 0 Å². The van der Waals surface area contributed by atoms with Gasteiger partial charge in [-0.05, 0) is 11.1 Å². The van der Waals surface area contributed by atoms with Gasteiger partial charge in [0.1, 0.15) is 0 Å². The Morgan fingerprint density at radius 3 is 1.66 bits per heavy atom. The second-order valence-electron chi connectivity index (χ2n) is 9.85. The Hall–Kier alpha value is -1.02. The molecule has 171 valence electrons. The van der Waals surface area contributed by atoms with Gasteiger partial charge in [-0.3, -0.25) is 0 Å². The Balaban J connectivity index is 0.000000204. The van der Waals surface area contributed by atoms with Gasteiger partial charge in [0.05, 0.1) is 0 Å². The van der Waals surface area contributed by atoms with Crippen LogP contribution in [-0.4, -0.2) is 12.0 Å². The fourth-order valence-electron chi connectivity index (χ4n) is 5.08. The van der Waals surface area contributed by atoms with E-state index in [4.69, 9.17) is 0 Å². The normalized spacial score (nSPS) is 19.3. The van der Waals surface area contributed by atoms with Gasteiger partial charge in [0, 0.05) is 0 Å². The minimum Gasteiger partial charge on any atom is -0.0622 e. The Morgan fingerprint density at radius 2 is 1.25 bits per heavy atom. The van der Waals surface area contributed by atoms with E-state index in [1.54, 1.807) is 16.7 Å². The molecule has 1 fully saturated rings. The topological polar surface area (TPSA) is 12.0 Å². The van der Waals surface area contributed by atoms with Crippen molar-refractivity contribution in [3.8, 4) is 11.1 Å². The molecule has 0 aliphatic heterocycles. The van der Waals surface area contributed by atoms with Crippen molar-refractivity contribution in [1.82, 2.24) is 3.26 Å². The molecule has 0 radical (unpaired) electrons. The molecular weight excluding hydrogens is 482 g/mol. The van der Waals surface area contributed by atoms with E-state index in [1.807, 2.05) is 15.4 Å². The van der Waals surface area contributed by atoms with Crippen molar-refractivity contribution in [1.29, 1.82) is 0 Å². The Kier molecular flexibility index (Phi) is 9.96. The Morgan fingerprint density at radius 1 is 0.750 bits per heavy atom. The van der Waals surface area contributed by atoms with E-state index in [1.165, 1.54) is 43.2 Å². The average Bonchev–Trinajstić information content (AvgIpc) is 3.02. The third kappa shape index (κ3) is 6.52. The molecule has 0 heterocycles. The van der Waals surface area contributed by atoms with E-state index in [-0.39, 0.29) is 0 Å². The second kappa shape index (κ2) is 12.4. The van der Waals surface area contributed by atoms with Crippen LogP contribution in [0.15, 0.2) is 80.7 Å². The van der Waals surface area contributed by atoms with Crippen LogP contribution in [0.1, 0.15) is 59.8 Å². The van der Waals surface area contributed by atoms with Crippen LogP contribution in [0.4, 0.5) is 0 Å². The first-order chi connectivity index (χ1) is 15.4. The zero-order valence-electron chi connectivity index (χ0n) is 21.0. The van der Waals surface area contributed by atoms with Gasteiger partial charge in [-0.1, -0.05) is 60.7 Å². The monoisotopic (exact) mass is 522 g/mol. The fourth-order valence-corrected chi connectivity index (χ4v) is 22.5.